The van der Waals surface area contributed by atoms with Crippen LogP contribution in [0.25, 0.3) is 0 Å². The van der Waals surface area contributed by atoms with Gasteiger partial charge in [0.2, 0.25) is 0 Å². The van der Waals surface area contributed by atoms with Crippen LogP contribution in [-0.2, 0) is 0 Å². The van der Waals surface area contributed by atoms with Crippen LogP contribution in [0, 0.1) is 11.7 Å². The van der Waals surface area contributed by atoms with Crippen LogP contribution in [-0.4, -0.2) is 24.0 Å². The summed E-state index contributed by atoms with van der Waals surface area (Å²) in [5.74, 6) is 0.371. The Morgan fingerprint density at radius 1 is 1.37 bits per heavy atom. The van der Waals surface area contributed by atoms with E-state index < -0.39 is 0 Å². The summed E-state index contributed by atoms with van der Waals surface area (Å²) in [5, 5.41) is 0. The maximum absolute atomic E-state index is 13.0. The zero-order valence-electron chi connectivity index (χ0n) is 11.7. The number of nitrogens with zero attached hydrogens (tertiary/aromatic N) is 1. The number of rotatable bonds is 3. The van der Waals surface area contributed by atoms with Gasteiger partial charge in [-0.2, -0.15) is 0 Å². The number of likely N-dealkylation sites (tertiary alicyclic amines) is 1. The molecule has 2 N–H and O–H groups in total. The molecule has 1 heterocycles. The number of benzene rings is 1. The van der Waals surface area contributed by atoms with Gasteiger partial charge in [-0.3, -0.25) is 4.90 Å². The van der Waals surface area contributed by atoms with E-state index in [0.717, 1.165) is 25.9 Å². The zero-order valence-corrected chi connectivity index (χ0v) is 12.5. The predicted octanol–water partition coefficient (Wildman–Crippen LogP) is 3.37. The van der Waals surface area contributed by atoms with Crippen LogP contribution < -0.4 is 5.73 Å². The van der Waals surface area contributed by atoms with Crippen LogP contribution in [0.2, 0.25) is 0 Å². The molecule has 0 aromatic heterocycles. The van der Waals surface area contributed by atoms with E-state index >= 15 is 0 Å². The second-order valence-corrected chi connectivity index (χ2v) is 5.40. The monoisotopic (exact) mass is 286 g/mol. The first-order chi connectivity index (χ1) is 8.61. The van der Waals surface area contributed by atoms with Crippen LogP contribution in [0.3, 0.4) is 0 Å². The van der Waals surface area contributed by atoms with Crippen LogP contribution in [0.4, 0.5) is 4.39 Å². The average molecular weight is 287 g/mol. The Labute approximate surface area is 121 Å². The van der Waals surface area contributed by atoms with Crippen molar-refractivity contribution in [3.8, 4) is 0 Å². The van der Waals surface area contributed by atoms with E-state index in [2.05, 4.69) is 18.7 Å². The number of hydrogen-bond donors (Lipinski definition) is 1. The molecular weight excluding hydrogens is 263 g/mol. The van der Waals surface area contributed by atoms with E-state index in [-0.39, 0.29) is 18.2 Å². The van der Waals surface area contributed by atoms with Crippen LogP contribution in [0.5, 0.6) is 0 Å². The summed E-state index contributed by atoms with van der Waals surface area (Å²) in [7, 11) is 0. The summed E-state index contributed by atoms with van der Waals surface area (Å²) >= 11 is 0. The lowest BCUT2D eigenvalue weighted by Crippen LogP contribution is -2.47. The molecule has 0 amide bonds. The molecule has 0 spiro atoms. The summed E-state index contributed by atoms with van der Waals surface area (Å²) in [5.41, 5.74) is 7.27. The minimum Gasteiger partial charge on any atom is -0.327 e. The molecule has 108 valence electrons. The number of hydrogen-bond acceptors (Lipinski definition) is 2. The van der Waals surface area contributed by atoms with E-state index in [1.807, 2.05) is 12.1 Å². The number of halogens is 2. The molecule has 1 fully saturated rings. The molecule has 2 nitrogen and oxygen atoms in total. The highest BCUT2D eigenvalue weighted by Crippen LogP contribution is 2.28. The van der Waals surface area contributed by atoms with Crippen molar-refractivity contribution in [1.82, 2.24) is 4.90 Å². The fourth-order valence-electron chi connectivity index (χ4n) is 2.87. The largest absolute Gasteiger partial charge is 0.327 e. The smallest absolute Gasteiger partial charge is 0.123 e. The first-order valence-corrected chi connectivity index (χ1v) is 6.87. The van der Waals surface area contributed by atoms with Gasteiger partial charge in [0.25, 0.3) is 0 Å². The fourth-order valence-corrected chi connectivity index (χ4v) is 2.87. The van der Waals surface area contributed by atoms with E-state index in [4.69, 9.17) is 5.73 Å². The average Bonchev–Trinajstić information content (AvgIpc) is 2.37. The Kier molecular flexibility index (Phi) is 6.24. The number of piperidine rings is 1. The number of nitrogens with two attached hydrogens (primary N) is 1. The minimum atomic E-state index is -0.164. The fraction of sp³-hybridized carbons (Fsp3) is 0.600. The zero-order chi connectivity index (χ0) is 13.1. The SMILES string of the molecule is CCC(c1ccc(F)cc1)N1CCC(N)C(C)C1.Cl. The third-order valence-electron chi connectivity index (χ3n) is 4.09. The van der Waals surface area contributed by atoms with E-state index in [1.165, 1.54) is 5.56 Å². The quantitative estimate of drug-likeness (QED) is 0.923. The molecule has 2 rings (SSSR count). The van der Waals surface area contributed by atoms with Crippen molar-refractivity contribution in [3.05, 3.63) is 35.6 Å². The maximum atomic E-state index is 13.0. The van der Waals surface area contributed by atoms with Crippen LogP contribution >= 0.6 is 12.4 Å². The third kappa shape index (κ3) is 3.91. The second kappa shape index (κ2) is 7.22. The molecule has 3 unspecified atom stereocenters. The van der Waals surface area contributed by atoms with Crippen LogP contribution in [0.15, 0.2) is 24.3 Å². The molecule has 1 aliphatic rings. The first kappa shape index (κ1) is 16.4. The van der Waals surface area contributed by atoms with Crippen LogP contribution in [0.1, 0.15) is 38.3 Å². The van der Waals surface area contributed by atoms with Gasteiger partial charge in [-0.1, -0.05) is 26.0 Å². The van der Waals surface area contributed by atoms with Crippen molar-refractivity contribution < 1.29 is 4.39 Å². The second-order valence-electron chi connectivity index (χ2n) is 5.40. The highest BCUT2D eigenvalue weighted by atomic mass is 35.5. The molecular formula is C15H24ClFN2. The molecule has 1 aromatic rings. The normalized spacial score (nSPS) is 25.7. The molecule has 3 atom stereocenters. The Hall–Kier alpha value is -0.640. The van der Waals surface area contributed by atoms with Gasteiger partial charge in [0.15, 0.2) is 0 Å². The maximum Gasteiger partial charge on any atom is 0.123 e. The minimum absolute atomic E-state index is 0. The first-order valence-electron chi connectivity index (χ1n) is 6.87. The topological polar surface area (TPSA) is 29.3 Å². The molecule has 1 saturated heterocycles. The lowest BCUT2D eigenvalue weighted by molar-refractivity contribution is 0.113. The highest BCUT2D eigenvalue weighted by molar-refractivity contribution is 5.85. The Bertz CT molecular complexity index is 382. The van der Waals surface area contributed by atoms with Crippen molar-refractivity contribution >= 4 is 12.4 Å². The van der Waals surface area contributed by atoms with Crippen molar-refractivity contribution in [3.63, 3.8) is 0 Å². The summed E-state index contributed by atoms with van der Waals surface area (Å²) in [6, 6.07) is 7.63. The Balaban J connectivity index is 0.00000180. The molecule has 0 aliphatic carbocycles. The van der Waals surface area contributed by atoms with Gasteiger partial charge < -0.3 is 5.73 Å². The van der Waals surface area contributed by atoms with Gasteiger partial charge in [-0.25, -0.2) is 4.39 Å². The molecule has 4 heteroatoms. The predicted molar refractivity (Wildman–Crippen MR) is 80.0 cm³/mol. The lowest BCUT2D eigenvalue weighted by Gasteiger charge is -2.40. The third-order valence-corrected chi connectivity index (χ3v) is 4.09. The Morgan fingerprint density at radius 3 is 2.53 bits per heavy atom. The van der Waals surface area contributed by atoms with E-state index in [0.29, 0.717) is 18.0 Å². The summed E-state index contributed by atoms with van der Waals surface area (Å²) < 4.78 is 13.0. The Morgan fingerprint density at radius 2 is 2.00 bits per heavy atom. The van der Waals surface area contributed by atoms with Gasteiger partial charge in [0.05, 0.1) is 0 Å². The molecule has 1 aliphatic heterocycles. The summed E-state index contributed by atoms with van der Waals surface area (Å²) in [6.07, 6.45) is 2.10. The highest BCUT2D eigenvalue weighted by Gasteiger charge is 2.27. The molecule has 19 heavy (non-hydrogen) atoms. The van der Waals surface area contributed by atoms with Gasteiger partial charge in [-0.05, 0) is 36.5 Å². The van der Waals surface area contributed by atoms with E-state index in [9.17, 15) is 4.39 Å². The van der Waals surface area contributed by atoms with E-state index in [1.54, 1.807) is 12.1 Å². The lowest BCUT2D eigenvalue weighted by atomic mass is 9.91. The molecule has 0 saturated carbocycles. The van der Waals surface area contributed by atoms with Crippen molar-refractivity contribution in [2.24, 2.45) is 11.7 Å². The van der Waals surface area contributed by atoms with Gasteiger partial charge >= 0.3 is 0 Å². The molecule has 0 bridgehead atoms. The van der Waals surface area contributed by atoms with Gasteiger partial charge in [0, 0.05) is 25.2 Å². The van der Waals surface area contributed by atoms with Crippen molar-refractivity contribution in [1.29, 1.82) is 0 Å². The molecule has 1 aromatic carbocycles. The summed E-state index contributed by atoms with van der Waals surface area (Å²) in [4.78, 5) is 2.49. The van der Waals surface area contributed by atoms with Crippen molar-refractivity contribution in [2.45, 2.75) is 38.8 Å². The standard InChI is InChI=1S/C15H23FN2.ClH/c1-3-15(12-4-6-13(16)7-5-12)18-9-8-14(17)11(2)10-18;/h4-7,11,14-15H,3,8-10,17H2,1-2H3;1H. The molecule has 0 radical (unpaired) electrons. The van der Waals surface area contributed by atoms with Crippen molar-refractivity contribution in [2.75, 3.05) is 13.1 Å². The van der Waals surface area contributed by atoms with Gasteiger partial charge in [0.1, 0.15) is 5.82 Å². The van der Waals surface area contributed by atoms with Gasteiger partial charge in [-0.15, -0.1) is 12.4 Å². The summed E-state index contributed by atoms with van der Waals surface area (Å²) in [6.45, 7) is 6.49.